The van der Waals surface area contributed by atoms with Crippen molar-refractivity contribution in [3.63, 3.8) is 0 Å². The molecular weight excluding hydrogens is 347 g/mol. The van der Waals surface area contributed by atoms with E-state index in [2.05, 4.69) is 29.2 Å². The molecule has 3 heterocycles. The number of aliphatic hydroxyl groups excluding tert-OH is 1. The SMILES string of the molecule is CC(C)C1CCC(c2cc(F)c3cnc(NC4CCOC[C@H]4O)nn23)CC1. The number of rotatable bonds is 4. The first kappa shape index (κ1) is 18.6. The summed E-state index contributed by atoms with van der Waals surface area (Å²) in [7, 11) is 0. The molecule has 6 nitrogen and oxygen atoms in total. The van der Waals surface area contributed by atoms with Crippen molar-refractivity contribution in [2.45, 2.75) is 64.0 Å². The highest BCUT2D eigenvalue weighted by atomic mass is 19.1. The van der Waals surface area contributed by atoms with E-state index in [1.807, 2.05) is 0 Å². The van der Waals surface area contributed by atoms with Gasteiger partial charge in [0, 0.05) is 18.2 Å². The fraction of sp³-hybridized carbons (Fsp3) is 0.700. The number of nitrogens with zero attached hydrogens (tertiary/aromatic N) is 3. The molecule has 148 valence electrons. The molecular formula is C20H29FN4O2. The Morgan fingerprint density at radius 3 is 2.74 bits per heavy atom. The quantitative estimate of drug-likeness (QED) is 0.856. The van der Waals surface area contributed by atoms with Gasteiger partial charge in [-0.3, -0.25) is 0 Å². The van der Waals surface area contributed by atoms with Crippen molar-refractivity contribution in [1.82, 2.24) is 14.6 Å². The van der Waals surface area contributed by atoms with Crippen molar-refractivity contribution < 1.29 is 14.2 Å². The average molecular weight is 376 g/mol. The number of fused-ring (bicyclic) bond motifs is 1. The molecule has 1 saturated carbocycles. The van der Waals surface area contributed by atoms with Crippen molar-refractivity contribution in [1.29, 1.82) is 0 Å². The van der Waals surface area contributed by atoms with E-state index in [0.29, 0.717) is 42.9 Å². The molecule has 1 saturated heterocycles. The van der Waals surface area contributed by atoms with Gasteiger partial charge in [-0.2, -0.15) is 0 Å². The van der Waals surface area contributed by atoms with Crippen molar-refractivity contribution in [3.8, 4) is 0 Å². The number of nitrogens with one attached hydrogen (secondary N) is 1. The lowest BCUT2D eigenvalue weighted by molar-refractivity contribution is -0.0136. The van der Waals surface area contributed by atoms with Crippen LogP contribution in [0.5, 0.6) is 0 Å². The summed E-state index contributed by atoms with van der Waals surface area (Å²) in [5.74, 6) is 1.94. The van der Waals surface area contributed by atoms with Crippen molar-refractivity contribution in [2.24, 2.45) is 11.8 Å². The first-order valence-corrected chi connectivity index (χ1v) is 10.1. The molecule has 27 heavy (non-hydrogen) atoms. The lowest BCUT2D eigenvalue weighted by atomic mass is 9.76. The van der Waals surface area contributed by atoms with Crippen molar-refractivity contribution in [3.05, 3.63) is 23.8 Å². The van der Waals surface area contributed by atoms with Gasteiger partial charge < -0.3 is 15.2 Å². The summed E-state index contributed by atoms with van der Waals surface area (Å²) in [5.41, 5.74) is 1.34. The first-order valence-electron chi connectivity index (χ1n) is 10.1. The number of aliphatic hydroxyl groups is 1. The molecule has 0 amide bonds. The molecule has 2 aromatic heterocycles. The maximum Gasteiger partial charge on any atom is 0.241 e. The second-order valence-corrected chi connectivity index (χ2v) is 8.33. The Kier molecular flexibility index (Phi) is 5.32. The molecule has 2 atom stereocenters. The van der Waals surface area contributed by atoms with E-state index in [-0.39, 0.29) is 11.9 Å². The third-order valence-corrected chi connectivity index (χ3v) is 6.27. The monoisotopic (exact) mass is 376 g/mol. The fourth-order valence-corrected chi connectivity index (χ4v) is 4.47. The molecule has 1 aliphatic carbocycles. The largest absolute Gasteiger partial charge is 0.389 e. The third kappa shape index (κ3) is 3.80. The second-order valence-electron chi connectivity index (χ2n) is 8.33. The Hall–Kier alpha value is -1.73. The number of hydrogen-bond acceptors (Lipinski definition) is 5. The topological polar surface area (TPSA) is 71.7 Å². The van der Waals surface area contributed by atoms with E-state index in [1.54, 1.807) is 10.6 Å². The Morgan fingerprint density at radius 1 is 1.26 bits per heavy atom. The highest BCUT2D eigenvalue weighted by Crippen LogP contribution is 2.39. The van der Waals surface area contributed by atoms with Gasteiger partial charge in [0.15, 0.2) is 5.82 Å². The van der Waals surface area contributed by atoms with Crippen LogP contribution in [-0.2, 0) is 4.74 Å². The maximum absolute atomic E-state index is 14.4. The van der Waals surface area contributed by atoms with E-state index in [1.165, 1.54) is 19.0 Å². The summed E-state index contributed by atoms with van der Waals surface area (Å²) in [6.07, 6.45) is 6.13. The van der Waals surface area contributed by atoms with Crippen molar-refractivity contribution in [2.75, 3.05) is 18.5 Å². The van der Waals surface area contributed by atoms with Crippen LogP contribution in [0.4, 0.5) is 10.3 Å². The summed E-state index contributed by atoms with van der Waals surface area (Å²) < 4.78 is 21.4. The fourth-order valence-electron chi connectivity index (χ4n) is 4.47. The lowest BCUT2D eigenvalue weighted by Crippen LogP contribution is -2.42. The first-order chi connectivity index (χ1) is 13.0. The normalized spacial score (nSPS) is 29.4. The summed E-state index contributed by atoms with van der Waals surface area (Å²) in [5, 5.41) is 17.8. The highest BCUT2D eigenvalue weighted by molar-refractivity contribution is 5.50. The Bertz CT molecular complexity index is 786. The van der Waals surface area contributed by atoms with Crippen LogP contribution < -0.4 is 5.32 Å². The summed E-state index contributed by atoms with van der Waals surface area (Å²) in [4.78, 5) is 4.26. The molecule has 2 aliphatic rings. The molecule has 1 unspecified atom stereocenters. The number of hydrogen-bond donors (Lipinski definition) is 2. The van der Waals surface area contributed by atoms with Gasteiger partial charge in [0.05, 0.1) is 24.9 Å². The Labute approximate surface area is 159 Å². The molecule has 2 N–H and O–H groups in total. The predicted octanol–water partition coefficient (Wildman–Crippen LogP) is 3.36. The van der Waals surface area contributed by atoms with E-state index in [4.69, 9.17) is 4.74 Å². The lowest BCUT2D eigenvalue weighted by Gasteiger charge is -2.30. The maximum atomic E-state index is 14.4. The summed E-state index contributed by atoms with van der Waals surface area (Å²) in [6, 6.07) is 1.47. The molecule has 2 fully saturated rings. The van der Waals surface area contributed by atoms with Gasteiger partial charge in [0.1, 0.15) is 5.52 Å². The summed E-state index contributed by atoms with van der Waals surface area (Å²) in [6.45, 7) is 5.47. The van der Waals surface area contributed by atoms with Crippen LogP contribution in [0, 0.1) is 17.7 Å². The van der Waals surface area contributed by atoms with E-state index in [9.17, 15) is 9.50 Å². The zero-order valence-corrected chi connectivity index (χ0v) is 16.1. The molecule has 4 rings (SSSR count). The van der Waals surface area contributed by atoms with E-state index >= 15 is 0 Å². The van der Waals surface area contributed by atoms with Gasteiger partial charge in [0.2, 0.25) is 5.95 Å². The van der Waals surface area contributed by atoms with Gasteiger partial charge in [-0.25, -0.2) is 13.9 Å². The van der Waals surface area contributed by atoms with Crippen LogP contribution in [0.15, 0.2) is 12.3 Å². The average Bonchev–Trinajstić information content (AvgIpc) is 3.00. The smallest absolute Gasteiger partial charge is 0.241 e. The van der Waals surface area contributed by atoms with Gasteiger partial charge in [-0.15, -0.1) is 5.10 Å². The van der Waals surface area contributed by atoms with Crippen LogP contribution >= 0.6 is 0 Å². The van der Waals surface area contributed by atoms with Gasteiger partial charge in [-0.1, -0.05) is 13.8 Å². The number of anilines is 1. The minimum Gasteiger partial charge on any atom is -0.389 e. The van der Waals surface area contributed by atoms with Crippen LogP contribution in [0.25, 0.3) is 5.52 Å². The standard InChI is InChI=1S/C20H29FN4O2/c1-12(2)13-3-5-14(6-4-13)17-9-15(21)18-10-22-20(24-25(17)18)23-16-7-8-27-11-19(16)26/h9-10,12-14,16,19,26H,3-8,11H2,1-2H3,(H,23,24)/t13?,14?,16?,19-/m1/s1. The van der Waals surface area contributed by atoms with Gasteiger partial charge in [-0.05, 0) is 50.0 Å². The van der Waals surface area contributed by atoms with Crippen molar-refractivity contribution >= 4 is 11.5 Å². The van der Waals surface area contributed by atoms with Crippen LogP contribution in [0.3, 0.4) is 0 Å². The molecule has 1 aliphatic heterocycles. The molecule has 0 radical (unpaired) electrons. The highest BCUT2D eigenvalue weighted by Gasteiger charge is 2.28. The van der Waals surface area contributed by atoms with Gasteiger partial charge in [0.25, 0.3) is 0 Å². The van der Waals surface area contributed by atoms with Crippen LogP contribution in [0.1, 0.15) is 57.6 Å². The molecule has 0 bridgehead atoms. The Morgan fingerprint density at radius 2 is 2.04 bits per heavy atom. The molecule has 2 aromatic rings. The van der Waals surface area contributed by atoms with Crippen LogP contribution in [0.2, 0.25) is 0 Å². The molecule has 7 heteroatoms. The van der Waals surface area contributed by atoms with Gasteiger partial charge >= 0.3 is 0 Å². The third-order valence-electron chi connectivity index (χ3n) is 6.27. The molecule has 0 aromatic carbocycles. The minimum absolute atomic E-state index is 0.151. The number of ether oxygens (including phenoxy) is 1. The second kappa shape index (κ2) is 7.72. The molecule has 0 spiro atoms. The predicted molar refractivity (Wildman–Crippen MR) is 101 cm³/mol. The van der Waals surface area contributed by atoms with E-state index < -0.39 is 6.10 Å². The zero-order chi connectivity index (χ0) is 19.0. The number of aromatic nitrogens is 3. The minimum atomic E-state index is -0.592. The van der Waals surface area contributed by atoms with Crippen LogP contribution in [-0.4, -0.2) is 45.1 Å². The number of halogens is 1. The van der Waals surface area contributed by atoms with E-state index in [0.717, 1.165) is 24.5 Å². The zero-order valence-electron chi connectivity index (χ0n) is 16.1. The Balaban J connectivity index is 1.56. The summed E-state index contributed by atoms with van der Waals surface area (Å²) >= 11 is 0.